The van der Waals surface area contributed by atoms with Crippen molar-refractivity contribution in [3.8, 4) is 0 Å². The molecule has 0 heterocycles. The molecule has 0 saturated carbocycles. The Morgan fingerprint density at radius 2 is 1.77 bits per heavy atom. The maximum Gasteiger partial charge on any atom is 0.416 e. The number of nitrogens with one attached hydrogen (secondary N) is 1. The van der Waals surface area contributed by atoms with Gasteiger partial charge in [0.05, 0.1) is 12.7 Å². The molecule has 0 aliphatic heterocycles. The molecule has 0 aromatic heterocycles. The summed E-state index contributed by atoms with van der Waals surface area (Å²) in [7, 11) is 1.21. The second-order valence-corrected chi connectivity index (χ2v) is 4.93. The molecule has 1 rings (SSSR count). The zero-order valence-electron chi connectivity index (χ0n) is 12.5. The zero-order valence-corrected chi connectivity index (χ0v) is 12.5. The van der Waals surface area contributed by atoms with E-state index in [2.05, 4.69) is 10.1 Å². The Hall–Kier alpha value is -2.05. The largest absolute Gasteiger partial charge is 0.467 e. The van der Waals surface area contributed by atoms with Crippen LogP contribution in [0, 0.1) is 5.92 Å². The molecular weight excluding hydrogens is 299 g/mol. The minimum absolute atomic E-state index is 0.0465. The fourth-order valence-electron chi connectivity index (χ4n) is 1.83. The quantitative estimate of drug-likeness (QED) is 0.849. The first-order valence-electron chi connectivity index (χ1n) is 6.76. The maximum absolute atomic E-state index is 12.5. The van der Waals surface area contributed by atoms with Gasteiger partial charge >= 0.3 is 12.1 Å². The highest BCUT2D eigenvalue weighted by Crippen LogP contribution is 2.29. The van der Waals surface area contributed by atoms with Crippen molar-refractivity contribution in [2.75, 3.05) is 7.11 Å². The number of carbonyl (C=O) groups is 2. The number of halogens is 3. The molecule has 0 bridgehead atoms. The summed E-state index contributed by atoms with van der Waals surface area (Å²) in [5.41, 5.74) is -0.791. The van der Waals surface area contributed by atoms with E-state index in [1.54, 1.807) is 6.92 Å². The van der Waals surface area contributed by atoms with Gasteiger partial charge in [-0.2, -0.15) is 13.2 Å². The fourth-order valence-corrected chi connectivity index (χ4v) is 1.83. The van der Waals surface area contributed by atoms with Crippen LogP contribution in [0.5, 0.6) is 0 Å². The molecule has 0 spiro atoms. The maximum atomic E-state index is 12.5. The number of hydrogen-bond acceptors (Lipinski definition) is 3. The smallest absolute Gasteiger partial charge is 0.416 e. The van der Waals surface area contributed by atoms with Gasteiger partial charge in [0.1, 0.15) is 6.04 Å². The highest BCUT2D eigenvalue weighted by atomic mass is 19.4. The van der Waals surface area contributed by atoms with E-state index >= 15 is 0 Å². The molecule has 1 aromatic carbocycles. The zero-order chi connectivity index (χ0) is 16.9. The molecule has 22 heavy (non-hydrogen) atoms. The Morgan fingerprint density at radius 1 is 1.23 bits per heavy atom. The first kappa shape index (κ1) is 18.0. The van der Waals surface area contributed by atoms with Crippen molar-refractivity contribution in [1.29, 1.82) is 0 Å². The van der Waals surface area contributed by atoms with Gasteiger partial charge in [0.15, 0.2) is 0 Å². The van der Waals surface area contributed by atoms with Gasteiger partial charge in [-0.25, -0.2) is 4.79 Å². The number of esters is 1. The van der Waals surface area contributed by atoms with Crippen molar-refractivity contribution < 1.29 is 27.5 Å². The van der Waals surface area contributed by atoms with Gasteiger partial charge < -0.3 is 10.1 Å². The predicted molar refractivity (Wildman–Crippen MR) is 74.2 cm³/mol. The number of rotatable bonds is 5. The molecule has 0 aliphatic carbocycles. The van der Waals surface area contributed by atoms with Crippen molar-refractivity contribution in [2.45, 2.75) is 32.5 Å². The second kappa shape index (κ2) is 7.29. The predicted octanol–water partition coefficient (Wildman–Crippen LogP) is 3.02. The van der Waals surface area contributed by atoms with Crippen molar-refractivity contribution in [2.24, 2.45) is 5.92 Å². The van der Waals surface area contributed by atoms with E-state index in [1.807, 2.05) is 6.92 Å². The first-order chi connectivity index (χ1) is 10.2. The van der Waals surface area contributed by atoms with Crippen LogP contribution < -0.4 is 5.32 Å². The first-order valence-corrected chi connectivity index (χ1v) is 6.76. The van der Waals surface area contributed by atoms with E-state index < -0.39 is 29.7 Å². The van der Waals surface area contributed by atoms with Crippen LogP contribution in [-0.4, -0.2) is 25.0 Å². The van der Waals surface area contributed by atoms with E-state index in [0.29, 0.717) is 6.42 Å². The van der Waals surface area contributed by atoms with Crippen molar-refractivity contribution in [3.63, 3.8) is 0 Å². The second-order valence-electron chi connectivity index (χ2n) is 4.93. The summed E-state index contributed by atoms with van der Waals surface area (Å²) < 4.78 is 42.1. The lowest BCUT2D eigenvalue weighted by Crippen LogP contribution is -2.45. The molecular formula is C15H18F3NO3. The summed E-state index contributed by atoms with van der Waals surface area (Å²) in [6, 6.07) is 2.95. The van der Waals surface area contributed by atoms with Crippen LogP contribution in [0.25, 0.3) is 0 Å². The minimum Gasteiger partial charge on any atom is -0.467 e. The lowest BCUT2D eigenvalue weighted by atomic mass is 9.98. The summed E-state index contributed by atoms with van der Waals surface area (Å²) in [5.74, 6) is -1.37. The van der Waals surface area contributed by atoms with Crippen LogP contribution in [0.1, 0.15) is 36.2 Å². The average Bonchev–Trinajstić information content (AvgIpc) is 2.50. The summed E-state index contributed by atoms with van der Waals surface area (Å²) in [6.45, 7) is 3.62. The van der Waals surface area contributed by atoms with E-state index in [0.717, 1.165) is 24.3 Å². The van der Waals surface area contributed by atoms with Gasteiger partial charge in [0, 0.05) is 5.56 Å². The highest BCUT2D eigenvalue weighted by Gasteiger charge is 2.31. The Balaban J connectivity index is 2.88. The standard InChI is InChI=1S/C15H18F3NO3/c1-4-9(2)12(14(21)22-3)19-13(20)10-5-7-11(8-6-10)15(16,17)18/h5-9,12H,4H2,1-3H3,(H,19,20)/t9-,12-/m1/s1. The number of ether oxygens (including phenoxy) is 1. The average molecular weight is 317 g/mol. The van der Waals surface area contributed by atoms with E-state index in [9.17, 15) is 22.8 Å². The van der Waals surface area contributed by atoms with Gasteiger partial charge in [0.25, 0.3) is 5.91 Å². The van der Waals surface area contributed by atoms with Gasteiger partial charge in [-0.3, -0.25) is 4.79 Å². The molecule has 4 nitrogen and oxygen atoms in total. The monoisotopic (exact) mass is 317 g/mol. The SMILES string of the molecule is CC[C@@H](C)[C@@H](NC(=O)c1ccc(C(F)(F)F)cc1)C(=O)OC. The molecule has 0 unspecified atom stereocenters. The Kier molecular flexibility index (Phi) is 5.96. The van der Waals surface area contributed by atoms with Crippen molar-refractivity contribution in [1.82, 2.24) is 5.32 Å². The number of amides is 1. The lowest BCUT2D eigenvalue weighted by Gasteiger charge is -2.21. The summed E-state index contributed by atoms with van der Waals surface area (Å²) in [5, 5.41) is 2.50. The molecule has 0 radical (unpaired) electrons. The Morgan fingerprint density at radius 3 is 2.18 bits per heavy atom. The van der Waals surface area contributed by atoms with Crippen LogP contribution >= 0.6 is 0 Å². The normalized spacial score (nSPS) is 14.1. The Labute approximate surface area is 126 Å². The fraction of sp³-hybridized carbons (Fsp3) is 0.467. The molecule has 0 fully saturated rings. The van der Waals surface area contributed by atoms with E-state index in [4.69, 9.17) is 0 Å². The third-order valence-electron chi connectivity index (χ3n) is 3.43. The molecule has 1 N–H and O–H groups in total. The molecule has 0 saturated heterocycles. The van der Waals surface area contributed by atoms with Crippen molar-refractivity contribution in [3.05, 3.63) is 35.4 Å². The number of carbonyl (C=O) groups excluding carboxylic acids is 2. The molecule has 122 valence electrons. The summed E-state index contributed by atoms with van der Waals surface area (Å²) >= 11 is 0. The van der Waals surface area contributed by atoms with Crippen LogP contribution in [0.2, 0.25) is 0 Å². The highest BCUT2D eigenvalue weighted by molar-refractivity contribution is 5.96. The van der Waals surface area contributed by atoms with Crippen LogP contribution in [0.15, 0.2) is 24.3 Å². The Bertz CT molecular complexity index is 526. The van der Waals surface area contributed by atoms with Gasteiger partial charge in [-0.05, 0) is 30.2 Å². The number of benzene rings is 1. The molecule has 1 amide bonds. The van der Waals surface area contributed by atoms with E-state index in [-0.39, 0.29) is 11.5 Å². The molecule has 7 heteroatoms. The van der Waals surface area contributed by atoms with Crippen molar-refractivity contribution >= 4 is 11.9 Å². The number of hydrogen-bond donors (Lipinski definition) is 1. The third-order valence-corrected chi connectivity index (χ3v) is 3.43. The molecule has 2 atom stereocenters. The number of methoxy groups -OCH3 is 1. The van der Waals surface area contributed by atoms with Crippen LogP contribution in [0.4, 0.5) is 13.2 Å². The molecule has 0 aliphatic rings. The van der Waals surface area contributed by atoms with Gasteiger partial charge in [0.2, 0.25) is 0 Å². The lowest BCUT2D eigenvalue weighted by molar-refractivity contribution is -0.144. The minimum atomic E-state index is -4.46. The van der Waals surface area contributed by atoms with Gasteiger partial charge in [-0.1, -0.05) is 20.3 Å². The number of alkyl halides is 3. The van der Waals surface area contributed by atoms with Crippen LogP contribution in [-0.2, 0) is 15.7 Å². The summed E-state index contributed by atoms with van der Waals surface area (Å²) in [4.78, 5) is 23.7. The van der Waals surface area contributed by atoms with Gasteiger partial charge in [-0.15, -0.1) is 0 Å². The molecule has 1 aromatic rings. The summed E-state index contributed by atoms with van der Waals surface area (Å²) in [6.07, 6.45) is -3.83. The topological polar surface area (TPSA) is 55.4 Å². The third kappa shape index (κ3) is 4.47. The van der Waals surface area contributed by atoms with E-state index in [1.165, 1.54) is 7.11 Å². The van der Waals surface area contributed by atoms with Crippen LogP contribution in [0.3, 0.4) is 0 Å².